The van der Waals surface area contributed by atoms with Crippen LogP contribution in [0.4, 0.5) is 0 Å². The Balaban J connectivity index is 1.72. The molecule has 1 heterocycles. The second-order valence-electron chi connectivity index (χ2n) is 5.77. The predicted octanol–water partition coefficient (Wildman–Crippen LogP) is 2.77. The Labute approximate surface area is 101 Å². The van der Waals surface area contributed by atoms with Gasteiger partial charge < -0.3 is 5.73 Å². The van der Waals surface area contributed by atoms with E-state index in [1.165, 1.54) is 57.9 Å². The molecule has 0 aromatic carbocycles. The van der Waals surface area contributed by atoms with Crippen molar-refractivity contribution in [1.82, 2.24) is 4.90 Å². The second-order valence-corrected chi connectivity index (χ2v) is 5.77. The maximum atomic E-state index is 5.96. The summed E-state index contributed by atoms with van der Waals surface area (Å²) in [6, 6.07) is 1.58. The molecule has 3 atom stereocenters. The number of piperidine rings is 1. The van der Waals surface area contributed by atoms with Crippen LogP contribution in [-0.4, -0.2) is 30.1 Å². The van der Waals surface area contributed by atoms with Gasteiger partial charge >= 0.3 is 0 Å². The van der Waals surface area contributed by atoms with E-state index >= 15 is 0 Å². The third kappa shape index (κ3) is 2.78. The molecule has 0 amide bonds. The minimum absolute atomic E-state index is 0.687. The van der Waals surface area contributed by atoms with Crippen LogP contribution in [0.1, 0.15) is 58.3 Å². The molecule has 2 bridgehead atoms. The van der Waals surface area contributed by atoms with E-state index in [1.807, 2.05) is 0 Å². The van der Waals surface area contributed by atoms with Crippen molar-refractivity contribution >= 4 is 0 Å². The van der Waals surface area contributed by atoms with E-state index < -0.39 is 0 Å². The van der Waals surface area contributed by atoms with Gasteiger partial charge in [0.15, 0.2) is 0 Å². The molecule has 2 N–H and O–H groups in total. The number of nitrogens with two attached hydrogens (primary N) is 1. The molecule has 2 heteroatoms. The molecule has 0 aromatic heterocycles. The van der Waals surface area contributed by atoms with E-state index in [2.05, 4.69) is 11.8 Å². The lowest BCUT2D eigenvalue weighted by molar-refractivity contribution is 0.143. The molecule has 1 aliphatic heterocycles. The summed E-state index contributed by atoms with van der Waals surface area (Å²) in [4.78, 5) is 2.74. The molecule has 16 heavy (non-hydrogen) atoms. The molecule has 2 aliphatic rings. The minimum Gasteiger partial charge on any atom is -0.329 e. The van der Waals surface area contributed by atoms with Crippen LogP contribution in [0.5, 0.6) is 0 Å². The first kappa shape index (κ1) is 12.4. The molecule has 1 saturated carbocycles. The Morgan fingerprint density at radius 3 is 2.69 bits per heavy atom. The molecular weight excluding hydrogens is 196 g/mol. The second kappa shape index (κ2) is 6.02. The topological polar surface area (TPSA) is 29.3 Å². The Morgan fingerprint density at radius 1 is 1.25 bits per heavy atom. The lowest BCUT2D eigenvalue weighted by Gasteiger charge is -2.34. The summed E-state index contributed by atoms with van der Waals surface area (Å²) in [6.07, 6.45) is 11.2. The highest BCUT2D eigenvalue weighted by molar-refractivity contribution is 4.95. The summed E-state index contributed by atoms with van der Waals surface area (Å²) < 4.78 is 0. The van der Waals surface area contributed by atoms with Crippen LogP contribution in [0, 0.1) is 5.92 Å². The van der Waals surface area contributed by atoms with Crippen LogP contribution in [0.3, 0.4) is 0 Å². The molecular formula is C14H28N2. The number of nitrogens with zero attached hydrogens (tertiary/aromatic N) is 1. The zero-order valence-corrected chi connectivity index (χ0v) is 10.8. The highest BCUT2D eigenvalue weighted by Gasteiger charge is 2.40. The number of hydrogen-bond donors (Lipinski definition) is 1. The highest BCUT2D eigenvalue weighted by Crippen LogP contribution is 2.39. The van der Waals surface area contributed by atoms with E-state index in [0.717, 1.165) is 18.5 Å². The van der Waals surface area contributed by atoms with Crippen molar-refractivity contribution in [2.75, 3.05) is 13.1 Å². The first-order chi connectivity index (χ1) is 7.85. The van der Waals surface area contributed by atoms with Gasteiger partial charge in [-0.3, -0.25) is 4.90 Å². The maximum absolute atomic E-state index is 5.96. The highest BCUT2D eigenvalue weighted by atomic mass is 15.2. The van der Waals surface area contributed by atoms with Crippen molar-refractivity contribution in [2.24, 2.45) is 11.7 Å². The van der Waals surface area contributed by atoms with E-state index in [-0.39, 0.29) is 0 Å². The largest absolute Gasteiger partial charge is 0.329 e. The van der Waals surface area contributed by atoms with Gasteiger partial charge in [-0.1, -0.05) is 32.6 Å². The third-order valence-corrected chi connectivity index (χ3v) is 4.58. The van der Waals surface area contributed by atoms with Crippen LogP contribution < -0.4 is 5.73 Å². The summed E-state index contributed by atoms with van der Waals surface area (Å²) in [6.45, 7) is 4.50. The van der Waals surface area contributed by atoms with Crippen molar-refractivity contribution < 1.29 is 0 Å². The van der Waals surface area contributed by atoms with Crippen LogP contribution in [0.25, 0.3) is 0 Å². The minimum atomic E-state index is 0.687. The molecule has 2 rings (SSSR count). The van der Waals surface area contributed by atoms with E-state index in [0.29, 0.717) is 6.04 Å². The summed E-state index contributed by atoms with van der Waals surface area (Å²) in [5.41, 5.74) is 5.96. The predicted molar refractivity (Wildman–Crippen MR) is 69.4 cm³/mol. The summed E-state index contributed by atoms with van der Waals surface area (Å²) in [5.74, 6) is 1.01. The van der Waals surface area contributed by atoms with Gasteiger partial charge in [0.2, 0.25) is 0 Å². The zero-order valence-electron chi connectivity index (χ0n) is 10.8. The van der Waals surface area contributed by atoms with Crippen molar-refractivity contribution in [3.63, 3.8) is 0 Å². The van der Waals surface area contributed by atoms with E-state index in [1.54, 1.807) is 0 Å². The van der Waals surface area contributed by atoms with Crippen molar-refractivity contribution in [3.8, 4) is 0 Å². The van der Waals surface area contributed by atoms with Crippen LogP contribution in [-0.2, 0) is 0 Å². The normalized spacial score (nSPS) is 31.1. The lowest BCUT2D eigenvalue weighted by atomic mass is 10.0. The van der Waals surface area contributed by atoms with Gasteiger partial charge in [-0.25, -0.2) is 0 Å². The number of rotatable bonds is 7. The molecule has 0 spiro atoms. The van der Waals surface area contributed by atoms with Crippen molar-refractivity contribution in [3.05, 3.63) is 0 Å². The van der Waals surface area contributed by atoms with E-state index in [9.17, 15) is 0 Å². The monoisotopic (exact) mass is 224 g/mol. The number of hydrogen-bond acceptors (Lipinski definition) is 2. The lowest BCUT2D eigenvalue weighted by Crippen LogP contribution is -2.45. The maximum Gasteiger partial charge on any atom is 0.0221 e. The third-order valence-electron chi connectivity index (χ3n) is 4.58. The van der Waals surface area contributed by atoms with E-state index in [4.69, 9.17) is 5.73 Å². The molecule has 2 nitrogen and oxygen atoms in total. The van der Waals surface area contributed by atoms with Crippen LogP contribution >= 0.6 is 0 Å². The molecule has 3 unspecified atom stereocenters. The van der Waals surface area contributed by atoms with Crippen molar-refractivity contribution in [2.45, 2.75) is 70.4 Å². The Bertz CT molecular complexity index is 205. The Morgan fingerprint density at radius 2 is 2.12 bits per heavy atom. The molecule has 2 fully saturated rings. The number of fused-ring (bicyclic) bond motifs is 2. The van der Waals surface area contributed by atoms with Crippen LogP contribution in [0.2, 0.25) is 0 Å². The molecule has 94 valence electrons. The summed E-state index contributed by atoms with van der Waals surface area (Å²) >= 11 is 0. The average Bonchev–Trinajstić information content (AvgIpc) is 2.91. The number of likely N-dealkylation sites (tertiary alicyclic amines) is 1. The SMILES string of the molecule is CCCCCCC(CN)N1CC2CCC1C2. The van der Waals surface area contributed by atoms with Gasteiger partial charge in [0, 0.05) is 25.2 Å². The molecule has 1 saturated heterocycles. The van der Waals surface area contributed by atoms with Gasteiger partial charge in [-0.05, 0) is 31.6 Å². The smallest absolute Gasteiger partial charge is 0.0221 e. The molecule has 0 radical (unpaired) electrons. The fraction of sp³-hybridized carbons (Fsp3) is 1.00. The van der Waals surface area contributed by atoms with Gasteiger partial charge in [-0.15, -0.1) is 0 Å². The molecule has 0 aromatic rings. The Kier molecular flexibility index (Phi) is 4.66. The van der Waals surface area contributed by atoms with Crippen LogP contribution in [0.15, 0.2) is 0 Å². The number of unbranched alkanes of at least 4 members (excludes halogenated alkanes) is 3. The fourth-order valence-corrected chi connectivity index (χ4v) is 3.64. The van der Waals surface area contributed by atoms with Gasteiger partial charge in [0.1, 0.15) is 0 Å². The van der Waals surface area contributed by atoms with Gasteiger partial charge in [0.05, 0.1) is 0 Å². The molecule has 1 aliphatic carbocycles. The Hall–Kier alpha value is -0.0800. The summed E-state index contributed by atoms with van der Waals surface area (Å²) in [7, 11) is 0. The quantitative estimate of drug-likeness (QED) is 0.674. The first-order valence-corrected chi connectivity index (χ1v) is 7.31. The average molecular weight is 224 g/mol. The van der Waals surface area contributed by atoms with Gasteiger partial charge in [0.25, 0.3) is 0 Å². The summed E-state index contributed by atoms with van der Waals surface area (Å²) in [5, 5.41) is 0. The zero-order chi connectivity index (χ0) is 11.4. The standard InChI is InChI=1S/C14H28N2/c1-2-3-4-5-6-14(10-15)16-11-12-7-8-13(16)9-12/h12-14H,2-11,15H2,1H3. The first-order valence-electron chi connectivity index (χ1n) is 7.31. The van der Waals surface area contributed by atoms with Gasteiger partial charge in [-0.2, -0.15) is 0 Å². The fourth-order valence-electron chi connectivity index (χ4n) is 3.64. The van der Waals surface area contributed by atoms with Crippen molar-refractivity contribution in [1.29, 1.82) is 0 Å².